The van der Waals surface area contributed by atoms with Gasteiger partial charge < -0.3 is 0 Å². The van der Waals surface area contributed by atoms with Crippen molar-refractivity contribution in [1.29, 1.82) is 0 Å². The summed E-state index contributed by atoms with van der Waals surface area (Å²) in [5.41, 5.74) is -1.12. The Morgan fingerprint density at radius 1 is 0.853 bits per heavy atom. The van der Waals surface area contributed by atoms with E-state index in [0.29, 0.717) is 18.2 Å². The molecule has 2 aromatic rings. The van der Waals surface area contributed by atoms with Crippen molar-refractivity contribution < 1.29 is 39.5 Å². The minimum atomic E-state index is -5.26. The highest BCUT2D eigenvalue weighted by Gasteiger charge is 2.43. The standard InChI is InChI=1S/C23H15F9N2/c24-21(25,26)17-12-16(13-18(14-17)22(27,28)29)20(23(30,31)32)9-6-15-4-7-19(8-5-15)34-11-3-1-2-10-33-34/h1,4-14,20H,2H2/b9-6+. The first-order chi connectivity index (χ1) is 15.7. The number of anilines is 1. The molecule has 1 aliphatic rings. The second-order valence-electron chi connectivity index (χ2n) is 7.19. The summed E-state index contributed by atoms with van der Waals surface area (Å²) in [6.07, 6.45) is -8.69. The molecule has 0 aromatic heterocycles. The van der Waals surface area contributed by atoms with Gasteiger partial charge >= 0.3 is 18.5 Å². The van der Waals surface area contributed by atoms with Crippen LogP contribution in [-0.4, -0.2) is 12.4 Å². The fourth-order valence-corrected chi connectivity index (χ4v) is 3.07. The SMILES string of the molecule is FC(F)(F)c1cc(C(/C=C/c2ccc(N3C=C=CCC=N3)cc2)C(F)(F)F)cc(C(F)(F)F)c1. The van der Waals surface area contributed by atoms with Crippen LogP contribution in [0, 0.1) is 0 Å². The van der Waals surface area contributed by atoms with E-state index in [2.05, 4.69) is 10.8 Å². The van der Waals surface area contributed by atoms with E-state index in [9.17, 15) is 39.5 Å². The zero-order chi connectivity index (χ0) is 25.1. The predicted octanol–water partition coefficient (Wildman–Crippen LogP) is 7.95. The average molecular weight is 490 g/mol. The van der Waals surface area contributed by atoms with Gasteiger partial charge in [-0.3, -0.25) is 0 Å². The van der Waals surface area contributed by atoms with Crippen molar-refractivity contribution in [2.75, 3.05) is 5.01 Å². The van der Waals surface area contributed by atoms with Gasteiger partial charge in [0.2, 0.25) is 0 Å². The van der Waals surface area contributed by atoms with Gasteiger partial charge in [0.25, 0.3) is 0 Å². The second kappa shape index (κ2) is 9.42. The number of hydrazone groups is 1. The third kappa shape index (κ3) is 6.32. The van der Waals surface area contributed by atoms with E-state index in [0.717, 1.165) is 6.08 Å². The summed E-state index contributed by atoms with van der Waals surface area (Å²) < 4.78 is 119. The Hall–Kier alpha value is -3.46. The zero-order valence-electron chi connectivity index (χ0n) is 17.0. The third-order valence-corrected chi connectivity index (χ3v) is 4.70. The summed E-state index contributed by atoms with van der Waals surface area (Å²) in [5.74, 6) is -2.70. The Labute approximate surface area is 188 Å². The molecule has 3 rings (SSSR count). The summed E-state index contributed by atoms with van der Waals surface area (Å²) in [4.78, 5) is 0. The van der Waals surface area contributed by atoms with Crippen molar-refractivity contribution in [3.63, 3.8) is 0 Å². The molecule has 180 valence electrons. The molecule has 0 radical (unpaired) electrons. The van der Waals surface area contributed by atoms with E-state index in [1.54, 1.807) is 18.5 Å². The van der Waals surface area contributed by atoms with Crippen molar-refractivity contribution in [3.8, 4) is 0 Å². The first-order valence-corrected chi connectivity index (χ1v) is 9.62. The van der Waals surface area contributed by atoms with Crippen molar-refractivity contribution in [3.05, 3.63) is 88.8 Å². The van der Waals surface area contributed by atoms with Gasteiger partial charge in [-0.15, -0.1) is 5.73 Å². The number of rotatable bonds is 4. The molecule has 11 heteroatoms. The minimum Gasteiger partial charge on any atom is -0.234 e. The van der Waals surface area contributed by atoms with Gasteiger partial charge in [-0.25, -0.2) is 5.01 Å². The molecule has 1 aliphatic heterocycles. The molecule has 0 saturated carbocycles. The molecular weight excluding hydrogens is 475 g/mol. The molecule has 0 N–H and O–H groups in total. The van der Waals surface area contributed by atoms with Crippen LogP contribution < -0.4 is 5.01 Å². The molecule has 34 heavy (non-hydrogen) atoms. The van der Waals surface area contributed by atoms with Crippen LogP contribution >= 0.6 is 0 Å². The number of nitrogens with zero attached hydrogens (tertiary/aromatic N) is 2. The molecule has 0 bridgehead atoms. The van der Waals surface area contributed by atoms with Crippen molar-refractivity contribution >= 4 is 18.0 Å². The maximum Gasteiger partial charge on any atom is 0.416 e. The van der Waals surface area contributed by atoms with E-state index in [1.165, 1.54) is 29.3 Å². The molecule has 0 aliphatic carbocycles. The summed E-state index contributed by atoms with van der Waals surface area (Å²) in [6.45, 7) is 0. The van der Waals surface area contributed by atoms with Crippen molar-refractivity contribution in [1.82, 2.24) is 0 Å². The van der Waals surface area contributed by atoms with Gasteiger partial charge in [-0.1, -0.05) is 24.3 Å². The Bertz CT molecular complexity index is 1100. The number of benzene rings is 2. The van der Waals surface area contributed by atoms with E-state index in [-0.39, 0.29) is 23.8 Å². The Balaban J connectivity index is 1.97. The fraction of sp³-hybridized carbons (Fsp3) is 0.217. The van der Waals surface area contributed by atoms with Crippen molar-refractivity contribution in [2.24, 2.45) is 5.10 Å². The Morgan fingerprint density at radius 3 is 1.97 bits per heavy atom. The van der Waals surface area contributed by atoms with Gasteiger partial charge in [-0.05, 0) is 47.5 Å². The Kier molecular flexibility index (Phi) is 6.97. The highest BCUT2D eigenvalue weighted by atomic mass is 19.4. The maximum atomic E-state index is 13.7. The monoisotopic (exact) mass is 490 g/mol. The van der Waals surface area contributed by atoms with E-state index >= 15 is 0 Å². The van der Waals surface area contributed by atoms with Crippen LogP contribution in [0.1, 0.15) is 34.6 Å². The fourth-order valence-electron chi connectivity index (χ4n) is 3.07. The lowest BCUT2D eigenvalue weighted by Crippen LogP contribution is -2.21. The first kappa shape index (κ1) is 25.2. The Morgan fingerprint density at radius 2 is 1.44 bits per heavy atom. The second-order valence-corrected chi connectivity index (χ2v) is 7.19. The third-order valence-electron chi connectivity index (χ3n) is 4.70. The predicted molar refractivity (Wildman–Crippen MR) is 109 cm³/mol. The van der Waals surface area contributed by atoms with Gasteiger partial charge in [0.15, 0.2) is 0 Å². The van der Waals surface area contributed by atoms with Crippen LogP contribution in [0.2, 0.25) is 0 Å². The molecule has 1 unspecified atom stereocenters. The van der Waals surface area contributed by atoms with Crippen LogP contribution in [0.4, 0.5) is 45.2 Å². The highest BCUT2D eigenvalue weighted by molar-refractivity contribution is 5.65. The number of halogens is 9. The molecule has 2 nitrogen and oxygen atoms in total. The average Bonchev–Trinajstić information content (AvgIpc) is 3.01. The van der Waals surface area contributed by atoms with Crippen LogP contribution in [0.15, 0.2) is 71.6 Å². The van der Waals surface area contributed by atoms with E-state index in [1.807, 2.05) is 0 Å². The van der Waals surface area contributed by atoms with Crippen LogP contribution in [-0.2, 0) is 12.4 Å². The largest absolute Gasteiger partial charge is 0.416 e. The smallest absolute Gasteiger partial charge is 0.234 e. The zero-order valence-corrected chi connectivity index (χ0v) is 17.0. The molecule has 1 heterocycles. The number of hydrogen-bond donors (Lipinski definition) is 0. The van der Waals surface area contributed by atoms with Crippen LogP contribution in [0.25, 0.3) is 6.08 Å². The molecule has 0 fully saturated rings. The quantitative estimate of drug-likeness (QED) is 0.314. The summed E-state index contributed by atoms with van der Waals surface area (Å²) in [6, 6.07) is 5.89. The molecular formula is C23H15F9N2. The van der Waals surface area contributed by atoms with E-state index < -0.39 is 41.1 Å². The summed E-state index contributed by atoms with van der Waals surface area (Å²) in [5, 5.41) is 5.60. The van der Waals surface area contributed by atoms with Gasteiger partial charge in [0, 0.05) is 12.6 Å². The highest BCUT2D eigenvalue weighted by Crippen LogP contribution is 2.42. The number of allylic oxidation sites excluding steroid dienone is 2. The normalized spacial score (nSPS) is 15.7. The summed E-state index contributed by atoms with van der Waals surface area (Å²) in [7, 11) is 0. The lowest BCUT2D eigenvalue weighted by molar-refractivity contribution is -0.146. The maximum absolute atomic E-state index is 13.7. The van der Waals surface area contributed by atoms with Gasteiger partial charge in [0.05, 0.1) is 28.9 Å². The molecule has 0 saturated heterocycles. The number of alkyl halides is 9. The first-order valence-electron chi connectivity index (χ1n) is 9.62. The number of hydrogen-bond acceptors (Lipinski definition) is 2. The van der Waals surface area contributed by atoms with E-state index in [4.69, 9.17) is 0 Å². The molecule has 0 spiro atoms. The lowest BCUT2D eigenvalue weighted by Gasteiger charge is -2.21. The van der Waals surface area contributed by atoms with Gasteiger partial charge in [0.1, 0.15) is 0 Å². The molecule has 2 aromatic carbocycles. The van der Waals surface area contributed by atoms with Crippen molar-refractivity contribution in [2.45, 2.75) is 30.9 Å². The van der Waals surface area contributed by atoms with Crippen LogP contribution in [0.5, 0.6) is 0 Å². The summed E-state index contributed by atoms with van der Waals surface area (Å²) >= 11 is 0. The van der Waals surface area contributed by atoms with Gasteiger partial charge in [-0.2, -0.15) is 44.6 Å². The minimum absolute atomic E-state index is 0.0814. The molecule has 1 atom stereocenters. The topological polar surface area (TPSA) is 15.6 Å². The lowest BCUT2D eigenvalue weighted by atomic mass is 9.93. The van der Waals surface area contributed by atoms with Crippen LogP contribution in [0.3, 0.4) is 0 Å². The molecule has 0 amide bonds.